The third-order valence-electron chi connectivity index (χ3n) is 2.44. The Labute approximate surface area is 108 Å². The van der Waals surface area contributed by atoms with E-state index < -0.39 is 0 Å². The van der Waals surface area contributed by atoms with Crippen molar-refractivity contribution < 1.29 is 0 Å². The molecule has 5 heteroatoms. The minimum Gasteiger partial charge on any atom is -0.328 e. The molecule has 4 nitrogen and oxygen atoms in total. The second-order valence-corrected chi connectivity index (χ2v) is 3.97. The largest absolute Gasteiger partial charge is 0.328 e. The Morgan fingerprint density at radius 2 is 1.72 bits per heavy atom. The van der Waals surface area contributed by atoms with E-state index in [0.717, 1.165) is 0 Å². The average molecular weight is 256 g/mol. The third kappa shape index (κ3) is 2.10. The van der Waals surface area contributed by atoms with Crippen molar-refractivity contribution in [1.82, 2.24) is 4.98 Å². The lowest BCUT2D eigenvalue weighted by Crippen LogP contribution is -2.05. The van der Waals surface area contributed by atoms with Crippen molar-refractivity contribution in [3.8, 4) is 23.3 Å². The quantitative estimate of drug-likeness (QED) is 0.850. The number of halogens is 1. The molecule has 0 aliphatic carbocycles. The maximum atomic E-state index is 11.3. The summed E-state index contributed by atoms with van der Waals surface area (Å²) in [6, 6.07) is 9.97. The van der Waals surface area contributed by atoms with Crippen LogP contribution in [0.25, 0.3) is 11.1 Å². The van der Waals surface area contributed by atoms with Gasteiger partial charge in [-0.1, -0.05) is 11.6 Å². The molecule has 0 saturated heterocycles. The summed E-state index contributed by atoms with van der Waals surface area (Å²) in [6.07, 6.45) is 1.32. The highest BCUT2D eigenvalue weighted by Gasteiger charge is 2.11. The van der Waals surface area contributed by atoms with Crippen molar-refractivity contribution in [3.63, 3.8) is 0 Å². The Balaban J connectivity index is 2.81. The normalized spacial score (nSPS) is 9.50. The van der Waals surface area contributed by atoms with Crippen LogP contribution < -0.4 is 5.56 Å². The Bertz CT molecular complexity index is 750. The lowest BCUT2D eigenvalue weighted by molar-refractivity contribution is 1.22. The van der Waals surface area contributed by atoms with E-state index in [0.29, 0.717) is 21.7 Å². The van der Waals surface area contributed by atoms with Crippen LogP contribution in [0.5, 0.6) is 0 Å². The van der Waals surface area contributed by atoms with E-state index in [1.54, 1.807) is 18.2 Å². The van der Waals surface area contributed by atoms with Gasteiger partial charge >= 0.3 is 0 Å². The van der Waals surface area contributed by atoms with Gasteiger partial charge in [0.05, 0.1) is 17.2 Å². The number of hydrogen-bond acceptors (Lipinski definition) is 3. The van der Waals surface area contributed by atoms with Crippen molar-refractivity contribution in [2.75, 3.05) is 0 Å². The number of rotatable bonds is 1. The molecule has 18 heavy (non-hydrogen) atoms. The van der Waals surface area contributed by atoms with Gasteiger partial charge in [0.2, 0.25) is 5.56 Å². The van der Waals surface area contributed by atoms with E-state index in [2.05, 4.69) is 4.98 Å². The summed E-state index contributed by atoms with van der Waals surface area (Å²) in [7, 11) is 0. The van der Waals surface area contributed by atoms with Crippen molar-refractivity contribution in [2.24, 2.45) is 0 Å². The first-order valence-electron chi connectivity index (χ1n) is 4.98. The number of nitrogens with zero attached hydrogens (tertiary/aromatic N) is 2. The molecule has 0 amide bonds. The Morgan fingerprint density at radius 1 is 1.06 bits per heavy atom. The highest BCUT2D eigenvalue weighted by Crippen LogP contribution is 2.27. The van der Waals surface area contributed by atoms with Crippen LogP contribution in [0.3, 0.4) is 0 Å². The van der Waals surface area contributed by atoms with Gasteiger partial charge in [0, 0.05) is 28.4 Å². The van der Waals surface area contributed by atoms with Gasteiger partial charge in [-0.25, -0.2) is 0 Å². The average Bonchev–Trinajstić information content (AvgIpc) is 2.38. The molecular weight excluding hydrogens is 250 g/mol. The van der Waals surface area contributed by atoms with E-state index in [-0.39, 0.29) is 11.1 Å². The fraction of sp³-hybridized carbons (Fsp3) is 0. The minimum absolute atomic E-state index is 0.286. The first-order chi connectivity index (χ1) is 8.65. The number of aromatic nitrogens is 1. The molecule has 1 heterocycles. The summed E-state index contributed by atoms with van der Waals surface area (Å²) < 4.78 is 0. The van der Waals surface area contributed by atoms with Crippen LogP contribution in [0.1, 0.15) is 11.1 Å². The summed E-state index contributed by atoms with van der Waals surface area (Å²) in [5.41, 5.74) is 1.19. The Morgan fingerprint density at radius 3 is 2.39 bits per heavy atom. The number of nitriles is 2. The molecule has 0 saturated carbocycles. The van der Waals surface area contributed by atoms with Crippen LogP contribution in [0.4, 0.5) is 0 Å². The van der Waals surface area contributed by atoms with Crippen molar-refractivity contribution in [1.29, 1.82) is 10.5 Å². The zero-order valence-corrected chi connectivity index (χ0v) is 9.82. The van der Waals surface area contributed by atoms with E-state index in [1.165, 1.54) is 12.3 Å². The second-order valence-electron chi connectivity index (χ2n) is 3.54. The highest BCUT2D eigenvalue weighted by atomic mass is 35.5. The number of H-pyrrole nitrogens is 1. The summed E-state index contributed by atoms with van der Waals surface area (Å²) in [5, 5.41) is 18.5. The van der Waals surface area contributed by atoms with Gasteiger partial charge in [-0.3, -0.25) is 4.79 Å². The molecule has 1 aromatic carbocycles. The van der Waals surface area contributed by atoms with Crippen LogP contribution in [-0.2, 0) is 0 Å². The van der Waals surface area contributed by atoms with Crippen LogP contribution >= 0.6 is 11.6 Å². The molecule has 0 bridgehead atoms. The van der Waals surface area contributed by atoms with Gasteiger partial charge in [-0.2, -0.15) is 10.5 Å². The van der Waals surface area contributed by atoms with Gasteiger partial charge in [0.15, 0.2) is 0 Å². The van der Waals surface area contributed by atoms with Gasteiger partial charge < -0.3 is 4.98 Å². The van der Waals surface area contributed by atoms with Crippen LogP contribution in [0.2, 0.25) is 5.02 Å². The maximum Gasteiger partial charge on any atom is 0.248 e. The number of hydrogen-bond donors (Lipinski definition) is 1. The topological polar surface area (TPSA) is 80.4 Å². The molecule has 0 radical (unpaired) electrons. The van der Waals surface area contributed by atoms with Gasteiger partial charge in [-0.15, -0.1) is 0 Å². The molecule has 0 aliphatic heterocycles. The Kier molecular flexibility index (Phi) is 3.14. The maximum absolute atomic E-state index is 11.3. The number of benzene rings is 1. The number of nitrogens with one attached hydrogen (secondary N) is 1. The number of pyridine rings is 1. The summed E-state index contributed by atoms with van der Waals surface area (Å²) >= 11 is 5.88. The second kappa shape index (κ2) is 4.75. The standard InChI is InChI=1S/C13H6ClN3O/c14-10-2-1-8(5-15)11(3-10)12-4-13(18)17-7-9(12)6-16/h1-4,7H,(H,17,18). The van der Waals surface area contributed by atoms with E-state index in [4.69, 9.17) is 22.1 Å². The lowest BCUT2D eigenvalue weighted by atomic mass is 9.98. The predicted molar refractivity (Wildman–Crippen MR) is 66.9 cm³/mol. The first-order valence-corrected chi connectivity index (χ1v) is 5.36. The fourth-order valence-corrected chi connectivity index (χ4v) is 1.80. The van der Waals surface area contributed by atoms with Crippen LogP contribution in [0.15, 0.2) is 35.3 Å². The Hall–Kier alpha value is -2.56. The highest BCUT2D eigenvalue weighted by molar-refractivity contribution is 6.31. The zero-order valence-electron chi connectivity index (χ0n) is 9.07. The molecule has 2 rings (SSSR count). The van der Waals surface area contributed by atoms with E-state index in [9.17, 15) is 4.79 Å². The molecule has 1 N–H and O–H groups in total. The molecule has 1 aromatic heterocycles. The van der Waals surface area contributed by atoms with Gasteiger partial charge in [0.1, 0.15) is 6.07 Å². The molecule has 0 spiro atoms. The summed E-state index contributed by atoms with van der Waals surface area (Å²) in [4.78, 5) is 13.8. The van der Waals surface area contributed by atoms with Crippen molar-refractivity contribution in [2.45, 2.75) is 0 Å². The SMILES string of the molecule is N#Cc1ccc(Cl)cc1-c1cc(=O)[nH]cc1C#N. The smallest absolute Gasteiger partial charge is 0.248 e. The van der Waals surface area contributed by atoms with Crippen molar-refractivity contribution >= 4 is 11.6 Å². The predicted octanol–water partition coefficient (Wildman–Crippen LogP) is 2.44. The molecule has 0 fully saturated rings. The molecule has 2 aromatic rings. The fourth-order valence-electron chi connectivity index (χ4n) is 1.62. The van der Waals surface area contributed by atoms with Crippen LogP contribution in [0, 0.1) is 22.7 Å². The summed E-state index contributed by atoms with van der Waals surface area (Å²) in [5.74, 6) is 0. The molecule has 0 unspecified atom stereocenters. The van der Waals surface area contributed by atoms with E-state index >= 15 is 0 Å². The van der Waals surface area contributed by atoms with E-state index in [1.807, 2.05) is 12.1 Å². The molecular formula is C13H6ClN3O. The monoisotopic (exact) mass is 255 g/mol. The zero-order chi connectivity index (χ0) is 13.1. The minimum atomic E-state index is -0.340. The molecule has 0 aliphatic rings. The number of aromatic amines is 1. The molecule has 86 valence electrons. The van der Waals surface area contributed by atoms with Crippen LogP contribution in [-0.4, -0.2) is 4.98 Å². The van der Waals surface area contributed by atoms with Gasteiger partial charge in [0.25, 0.3) is 0 Å². The summed E-state index contributed by atoms with van der Waals surface area (Å²) in [6.45, 7) is 0. The lowest BCUT2D eigenvalue weighted by Gasteiger charge is -2.06. The molecule has 0 atom stereocenters. The first kappa shape index (κ1) is 11.9. The van der Waals surface area contributed by atoms with Gasteiger partial charge in [-0.05, 0) is 18.2 Å². The van der Waals surface area contributed by atoms with Crippen molar-refractivity contribution in [3.05, 3.63) is 57.0 Å². The third-order valence-corrected chi connectivity index (χ3v) is 2.67.